The highest BCUT2D eigenvalue weighted by molar-refractivity contribution is 5.68. The predicted molar refractivity (Wildman–Crippen MR) is 66.2 cm³/mol. The quantitative estimate of drug-likeness (QED) is 0.788. The van der Waals surface area contributed by atoms with E-state index in [-0.39, 0.29) is 23.8 Å². The highest BCUT2D eigenvalue weighted by atomic mass is 16.6. The zero-order valence-electron chi connectivity index (χ0n) is 10.6. The number of rotatable bonds is 2. The summed E-state index contributed by atoms with van der Waals surface area (Å²) in [5.41, 5.74) is 0. The maximum Gasteiger partial charge on any atom is 0.409 e. The van der Waals surface area contributed by atoms with Gasteiger partial charge in [-0.1, -0.05) is 0 Å². The van der Waals surface area contributed by atoms with E-state index in [9.17, 15) is 15.0 Å². The molecule has 19 heavy (non-hydrogen) atoms. The number of nitrogens with zero attached hydrogens (tertiary/aromatic N) is 4. The molecule has 104 valence electrons. The summed E-state index contributed by atoms with van der Waals surface area (Å²) in [6, 6.07) is 1.07. The molecule has 1 saturated heterocycles. The van der Waals surface area contributed by atoms with E-state index in [1.54, 1.807) is 16.7 Å². The summed E-state index contributed by atoms with van der Waals surface area (Å²) >= 11 is 0. The second-order valence-corrected chi connectivity index (χ2v) is 4.06. The highest BCUT2D eigenvalue weighted by Crippen LogP contribution is 2.19. The summed E-state index contributed by atoms with van der Waals surface area (Å²) in [6.45, 7) is 4.11. The van der Waals surface area contributed by atoms with Gasteiger partial charge in [-0.25, -0.2) is 4.79 Å². The van der Waals surface area contributed by atoms with Gasteiger partial charge in [0.15, 0.2) is 0 Å². The summed E-state index contributed by atoms with van der Waals surface area (Å²) in [6.07, 6.45) is -0.332. The lowest BCUT2D eigenvalue weighted by Crippen LogP contribution is -2.49. The second-order valence-electron chi connectivity index (χ2n) is 4.06. The fraction of sp³-hybridized carbons (Fsp3) is 0.545. The van der Waals surface area contributed by atoms with E-state index in [0.29, 0.717) is 32.8 Å². The third-order valence-corrected chi connectivity index (χ3v) is 2.78. The van der Waals surface area contributed by atoms with Crippen molar-refractivity contribution in [3.8, 4) is 11.8 Å². The van der Waals surface area contributed by atoms with Crippen molar-refractivity contribution in [2.45, 2.75) is 6.92 Å². The van der Waals surface area contributed by atoms with Crippen molar-refractivity contribution in [3.63, 3.8) is 0 Å². The number of carbonyl (C=O) groups excluding carboxylic acids is 1. The van der Waals surface area contributed by atoms with Crippen molar-refractivity contribution in [1.82, 2.24) is 14.9 Å². The number of piperazine rings is 1. The molecular formula is C11H16N4O4. The Kier molecular flexibility index (Phi) is 3.88. The van der Waals surface area contributed by atoms with Gasteiger partial charge in [0, 0.05) is 26.2 Å². The molecule has 1 aliphatic heterocycles. The Morgan fingerprint density at radius 3 is 2.37 bits per heavy atom. The molecule has 1 amide bonds. The van der Waals surface area contributed by atoms with Gasteiger partial charge >= 0.3 is 6.09 Å². The van der Waals surface area contributed by atoms with Crippen molar-refractivity contribution in [3.05, 3.63) is 6.07 Å². The Morgan fingerprint density at radius 2 is 1.84 bits per heavy atom. The van der Waals surface area contributed by atoms with Gasteiger partial charge in [0.2, 0.25) is 17.7 Å². The molecule has 0 radical (unpaired) electrons. The highest BCUT2D eigenvalue weighted by Gasteiger charge is 2.23. The number of ether oxygens (including phenoxy) is 1. The van der Waals surface area contributed by atoms with Crippen LogP contribution in [0, 0.1) is 0 Å². The van der Waals surface area contributed by atoms with Crippen molar-refractivity contribution < 1.29 is 19.7 Å². The van der Waals surface area contributed by atoms with Gasteiger partial charge in [0.1, 0.15) is 0 Å². The van der Waals surface area contributed by atoms with Crippen LogP contribution in [0.25, 0.3) is 0 Å². The molecule has 0 bridgehead atoms. The zero-order valence-corrected chi connectivity index (χ0v) is 10.6. The fourth-order valence-corrected chi connectivity index (χ4v) is 1.86. The smallest absolute Gasteiger partial charge is 0.409 e. The molecule has 1 aromatic rings. The molecule has 0 saturated carbocycles. The zero-order chi connectivity index (χ0) is 13.8. The molecule has 1 aliphatic rings. The van der Waals surface area contributed by atoms with Crippen molar-refractivity contribution in [2.24, 2.45) is 0 Å². The minimum atomic E-state index is -0.332. The molecular weight excluding hydrogens is 252 g/mol. The van der Waals surface area contributed by atoms with E-state index in [4.69, 9.17) is 4.74 Å². The molecule has 0 aliphatic carbocycles. The molecule has 2 heterocycles. The standard InChI is InChI=1S/C11H16N4O4/c1-2-19-11(18)15-5-3-14(4-6-15)10-12-8(16)7-9(17)13-10/h7H,2-6H2,1H3,(H2,12,13,16,17). The summed E-state index contributed by atoms with van der Waals surface area (Å²) < 4.78 is 4.92. The van der Waals surface area contributed by atoms with Crippen LogP contribution in [-0.2, 0) is 4.74 Å². The molecule has 1 fully saturated rings. The minimum Gasteiger partial charge on any atom is -0.493 e. The Balaban J connectivity index is 1.97. The molecule has 0 spiro atoms. The van der Waals surface area contributed by atoms with Crippen LogP contribution in [0.4, 0.5) is 10.7 Å². The van der Waals surface area contributed by atoms with E-state index >= 15 is 0 Å². The molecule has 0 unspecified atom stereocenters. The van der Waals surface area contributed by atoms with Crippen LogP contribution in [0.5, 0.6) is 11.8 Å². The van der Waals surface area contributed by atoms with Crippen LogP contribution in [0.15, 0.2) is 6.07 Å². The van der Waals surface area contributed by atoms with Gasteiger partial charge < -0.3 is 24.7 Å². The van der Waals surface area contributed by atoms with Crippen molar-refractivity contribution in [2.75, 3.05) is 37.7 Å². The largest absolute Gasteiger partial charge is 0.493 e. The van der Waals surface area contributed by atoms with Crippen LogP contribution in [0.1, 0.15) is 6.92 Å². The van der Waals surface area contributed by atoms with E-state index in [1.807, 2.05) is 0 Å². The Labute approximate surface area is 110 Å². The van der Waals surface area contributed by atoms with Gasteiger partial charge in [0.05, 0.1) is 12.7 Å². The number of anilines is 1. The maximum atomic E-state index is 11.5. The van der Waals surface area contributed by atoms with E-state index < -0.39 is 0 Å². The lowest BCUT2D eigenvalue weighted by Gasteiger charge is -2.33. The summed E-state index contributed by atoms with van der Waals surface area (Å²) in [4.78, 5) is 22.6. The molecule has 0 aromatic carbocycles. The Hall–Kier alpha value is -2.25. The monoisotopic (exact) mass is 268 g/mol. The predicted octanol–water partition coefficient (Wildman–Crippen LogP) is 0.166. The molecule has 8 heteroatoms. The molecule has 2 rings (SSSR count). The summed E-state index contributed by atoms with van der Waals surface area (Å²) in [5, 5.41) is 18.6. The van der Waals surface area contributed by atoms with Crippen LogP contribution >= 0.6 is 0 Å². The Morgan fingerprint density at radius 1 is 1.26 bits per heavy atom. The van der Waals surface area contributed by atoms with Crippen LogP contribution in [-0.4, -0.2) is 64.0 Å². The van der Waals surface area contributed by atoms with Gasteiger partial charge in [0.25, 0.3) is 0 Å². The van der Waals surface area contributed by atoms with Crippen LogP contribution in [0.2, 0.25) is 0 Å². The summed E-state index contributed by atoms with van der Waals surface area (Å²) in [7, 11) is 0. The first-order chi connectivity index (χ1) is 9.10. The van der Waals surface area contributed by atoms with Gasteiger partial charge in [-0.15, -0.1) is 0 Å². The number of aromatic hydroxyl groups is 2. The number of aromatic nitrogens is 2. The van der Waals surface area contributed by atoms with E-state index in [1.165, 1.54) is 0 Å². The van der Waals surface area contributed by atoms with Crippen molar-refractivity contribution in [1.29, 1.82) is 0 Å². The van der Waals surface area contributed by atoms with Gasteiger partial charge in [-0.3, -0.25) is 0 Å². The number of hydrogen-bond donors (Lipinski definition) is 2. The number of carbonyl (C=O) groups is 1. The molecule has 0 atom stereocenters. The van der Waals surface area contributed by atoms with E-state index in [2.05, 4.69) is 9.97 Å². The minimum absolute atomic E-state index is 0.251. The average molecular weight is 268 g/mol. The van der Waals surface area contributed by atoms with E-state index in [0.717, 1.165) is 6.07 Å². The molecule has 2 N–H and O–H groups in total. The molecule has 1 aromatic heterocycles. The van der Waals surface area contributed by atoms with Crippen molar-refractivity contribution >= 4 is 12.0 Å². The normalized spacial score (nSPS) is 15.4. The number of hydrogen-bond acceptors (Lipinski definition) is 7. The lowest BCUT2D eigenvalue weighted by molar-refractivity contribution is 0.105. The fourth-order valence-electron chi connectivity index (χ4n) is 1.86. The first kappa shape index (κ1) is 13.2. The third kappa shape index (κ3) is 3.15. The first-order valence-corrected chi connectivity index (χ1v) is 6.04. The second kappa shape index (κ2) is 5.59. The molecule has 8 nitrogen and oxygen atoms in total. The lowest BCUT2D eigenvalue weighted by atomic mass is 10.3. The summed E-state index contributed by atoms with van der Waals surface area (Å²) in [5.74, 6) is -0.313. The average Bonchev–Trinajstić information content (AvgIpc) is 2.38. The topological polar surface area (TPSA) is 99.0 Å². The third-order valence-electron chi connectivity index (χ3n) is 2.78. The van der Waals surface area contributed by atoms with Crippen LogP contribution in [0.3, 0.4) is 0 Å². The first-order valence-electron chi connectivity index (χ1n) is 6.04. The van der Waals surface area contributed by atoms with Gasteiger partial charge in [-0.2, -0.15) is 9.97 Å². The maximum absolute atomic E-state index is 11.5. The van der Waals surface area contributed by atoms with Crippen LogP contribution < -0.4 is 4.90 Å². The SMILES string of the molecule is CCOC(=O)N1CCN(c2nc(O)cc(O)n2)CC1. The number of amides is 1. The van der Waals surface area contributed by atoms with Gasteiger partial charge in [-0.05, 0) is 6.92 Å². The Bertz CT molecular complexity index is 440.